The van der Waals surface area contributed by atoms with Gasteiger partial charge in [-0.25, -0.2) is 0 Å². The molecule has 1 aromatic heterocycles. The van der Waals surface area contributed by atoms with Crippen molar-refractivity contribution in [3.63, 3.8) is 0 Å². The van der Waals surface area contributed by atoms with Crippen LogP contribution < -0.4 is 14.5 Å². The number of carbonyl (C=O) groups is 3. The van der Waals surface area contributed by atoms with Crippen molar-refractivity contribution in [2.24, 2.45) is 0 Å². The fourth-order valence-electron chi connectivity index (χ4n) is 7.08. The molecule has 1 unspecified atom stereocenters. The van der Waals surface area contributed by atoms with Gasteiger partial charge in [-0.1, -0.05) is 60.7 Å². The maximum Gasteiger partial charge on any atom is 0.261 e. The first-order valence-electron chi connectivity index (χ1n) is 17.0. The zero-order valence-electron chi connectivity index (χ0n) is 27.7. The van der Waals surface area contributed by atoms with E-state index in [1.807, 2.05) is 65.7 Å². The van der Waals surface area contributed by atoms with Gasteiger partial charge in [0.1, 0.15) is 12.4 Å². The molecule has 0 saturated heterocycles. The molecule has 3 amide bonds. The summed E-state index contributed by atoms with van der Waals surface area (Å²) < 4.78 is 6.38. The minimum Gasteiger partial charge on any atom is -0.491 e. The predicted molar refractivity (Wildman–Crippen MR) is 196 cm³/mol. The summed E-state index contributed by atoms with van der Waals surface area (Å²) >= 11 is 0. The molecule has 8 nitrogen and oxygen atoms in total. The van der Waals surface area contributed by atoms with Crippen molar-refractivity contribution < 1.29 is 19.1 Å². The second-order valence-corrected chi connectivity index (χ2v) is 12.8. The molecule has 0 fully saturated rings. The number of H-pyrrole nitrogens is 1. The number of benzene rings is 5. The van der Waals surface area contributed by atoms with Crippen LogP contribution in [0.25, 0.3) is 22.0 Å². The van der Waals surface area contributed by atoms with Crippen LogP contribution in [0.15, 0.2) is 128 Å². The van der Waals surface area contributed by atoms with Crippen LogP contribution >= 0.6 is 0 Å². The number of hydrogen-bond donors (Lipinski definition) is 1. The maximum atomic E-state index is 14.5. The van der Waals surface area contributed by atoms with E-state index in [9.17, 15) is 14.4 Å². The number of amides is 3. The summed E-state index contributed by atoms with van der Waals surface area (Å²) in [5, 5.41) is 1.05. The normalized spacial score (nSPS) is 15.6. The number of fused-ring (bicyclic) bond motifs is 3. The molecule has 2 aliphatic heterocycles. The van der Waals surface area contributed by atoms with Crippen LogP contribution in [0.3, 0.4) is 0 Å². The van der Waals surface area contributed by atoms with E-state index >= 15 is 0 Å². The van der Waals surface area contributed by atoms with E-state index in [0.29, 0.717) is 29.0 Å². The largest absolute Gasteiger partial charge is 0.491 e. The van der Waals surface area contributed by atoms with E-state index < -0.39 is 0 Å². The van der Waals surface area contributed by atoms with Gasteiger partial charge in [0, 0.05) is 42.0 Å². The van der Waals surface area contributed by atoms with Crippen LogP contribution in [-0.4, -0.2) is 53.3 Å². The lowest BCUT2D eigenvalue weighted by Crippen LogP contribution is -2.34. The molecule has 1 N–H and O–H groups in total. The van der Waals surface area contributed by atoms with E-state index in [4.69, 9.17) is 4.74 Å². The molecule has 0 saturated carbocycles. The summed E-state index contributed by atoms with van der Waals surface area (Å²) in [6, 6.07) is 39.3. The summed E-state index contributed by atoms with van der Waals surface area (Å²) in [6.07, 6.45) is 2.70. The Labute approximate surface area is 290 Å². The van der Waals surface area contributed by atoms with Gasteiger partial charge in [0.15, 0.2) is 0 Å². The summed E-state index contributed by atoms with van der Waals surface area (Å²) in [5.74, 6) is -0.271. The van der Waals surface area contributed by atoms with Gasteiger partial charge in [-0.2, -0.15) is 0 Å². The van der Waals surface area contributed by atoms with Crippen molar-refractivity contribution in [1.82, 2.24) is 9.88 Å². The highest BCUT2D eigenvalue weighted by Gasteiger charge is 2.35. The molecule has 0 radical (unpaired) electrons. The second kappa shape index (κ2) is 13.0. The average Bonchev–Trinajstić information content (AvgIpc) is 3.68. The van der Waals surface area contributed by atoms with Crippen LogP contribution in [0.5, 0.6) is 5.75 Å². The van der Waals surface area contributed by atoms with Gasteiger partial charge in [0.2, 0.25) is 0 Å². The van der Waals surface area contributed by atoms with Crippen molar-refractivity contribution in [2.75, 3.05) is 29.5 Å². The molecule has 2 aliphatic rings. The molecule has 5 aromatic carbocycles. The Bertz CT molecular complexity index is 2210. The first kappa shape index (κ1) is 31.1. The minimum atomic E-state index is -0.327. The van der Waals surface area contributed by atoms with Crippen LogP contribution in [0.2, 0.25) is 0 Å². The maximum absolute atomic E-state index is 14.5. The number of nitrogens with one attached hydrogen (secondary N) is 1. The van der Waals surface area contributed by atoms with Crippen LogP contribution in [-0.2, 0) is 6.54 Å². The molecule has 50 heavy (non-hydrogen) atoms. The Morgan fingerprint density at radius 1 is 0.780 bits per heavy atom. The zero-order valence-corrected chi connectivity index (χ0v) is 27.7. The standard InChI is InChI=1S/C42H36N4O4/c1-28-20-22-44(37-13-7-8-14-38(37)46(28)27-29-9-3-2-4-10-29)40(47)32-15-17-33(30-16-18-36-31(25-30)19-21-43-36)39(26-32)50-24-23-45-41(48)34-11-5-6-12-35(34)42(45)49/h2-19,21,25-26,28,43H,20,22-24,27H2,1H3. The molecule has 0 spiro atoms. The van der Waals surface area contributed by atoms with Gasteiger partial charge in [0.25, 0.3) is 17.7 Å². The third-order valence-electron chi connectivity index (χ3n) is 9.77. The van der Waals surface area contributed by atoms with E-state index in [1.54, 1.807) is 30.3 Å². The number of aromatic nitrogens is 1. The molecule has 8 rings (SSSR count). The molecule has 8 heteroatoms. The first-order chi connectivity index (χ1) is 24.5. The van der Waals surface area contributed by atoms with Gasteiger partial charge in [-0.05, 0) is 90.5 Å². The first-order valence-corrected chi connectivity index (χ1v) is 17.0. The minimum absolute atomic E-state index is 0.0705. The summed E-state index contributed by atoms with van der Waals surface area (Å²) in [4.78, 5) is 49.2. The topological polar surface area (TPSA) is 86.0 Å². The third kappa shape index (κ3) is 5.68. The van der Waals surface area contributed by atoms with Crippen molar-refractivity contribution in [1.29, 1.82) is 0 Å². The number of para-hydroxylation sites is 2. The summed E-state index contributed by atoms with van der Waals surface area (Å²) in [5.41, 5.74) is 7.15. The highest BCUT2D eigenvalue weighted by Crippen LogP contribution is 2.38. The SMILES string of the molecule is CC1CCN(C(=O)c2ccc(-c3ccc4[nH]ccc4c3)c(OCCN3C(=O)c4ccccc4C3=O)c2)c2ccccc2N1Cc1ccccc1. The number of carbonyl (C=O) groups excluding carboxylic acids is 3. The number of imide groups is 1. The van der Waals surface area contributed by atoms with Crippen LogP contribution in [0.1, 0.15) is 50.0 Å². The smallest absolute Gasteiger partial charge is 0.261 e. The highest BCUT2D eigenvalue weighted by molar-refractivity contribution is 6.21. The lowest BCUT2D eigenvalue weighted by Gasteiger charge is -2.31. The molecule has 0 bridgehead atoms. The predicted octanol–water partition coefficient (Wildman–Crippen LogP) is 7.96. The molecule has 6 aromatic rings. The number of aromatic amines is 1. The Balaban J connectivity index is 1.10. The summed E-state index contributed by atoms with van der Waals surface area (Å²) in [6.45, 7) is 3.66. The van der Waals surface area contributed by atoms with Crippen molar-refractivity contribution in [2.45, 2.75) is 25.9 Å². The van der Waals surface area contributed by atoms with Crippen molar-refractivity contribution >= 4 is 40.0 Å². The van der Waals surface area contributed by atoms with Gasteiger partial charge >= 0.3 is 0 Å². The molecular formula is C42H36N4O4. The Kier molecular flexibility index (Phi) is 8.12. The van der Waals surface area contributed by atoms with E-state index in [-0.39, 0.29) is 36.9 Å². The zero-order chi connectivity index (χ0) is 34.2. The lowest BCUT2D eigenvalue weighted by atomic mass is 10.0. The van der Waals surface area contributed by atoms with Crippen molar-refractivity contribution in [3.05, 3.63) is 150 Å². The number of nitrogens with zero attached hydrogens (tertiary/aromatic N) is 3. The fraction of sp³-hybridized carbons (Fsp3) is 0.167. The number of ether oxygens (including phenoxy) is 1. The second-order valence-electron chi connectivity index (χ2n) is 12.8. The number of anilines is 2. The van der Waals surface area contributed by atoms with Crippen LogP contribution in [0, 0.1) is 0 Å². The molecule has 1 atom stereocenters. The monoisotopic (exact) mass is 660 g/mol. The number of rotatable bonds is 8. The van der Waals surface area contributed by atoms with E-state index in [0.717, 1.165) is 46.4 Å². The third-order valence-corrected chi connectivity index (χ3v) is 9.77. The van der Waals surface area contributed by atoms with Gasteiger partial charge in [0.05, 0.1) is 29.0 Å². The molecular weight excluding hydrogens is 624 g/mol. The van der Waals surface area contributed by atoms with Gasteiger partial charge < -0.3 is 19.5 Å². The highest BCUT2D eigenvalue weighted by atomic mass is 16.5. The van der Waals surface area contributed by atoms with E-state index in [1.165, 1.54) is 10.5 Å². The number of hydrogen-bond acceptors (Lipinski definition) is 5. The molecule has 3 heterocycles. The Morgan fingerprint density at radius 3 is 2.28 bits per heavy atom. The molecule has 0 aliphatic carbocycles. The molecule has 248 valence electrons. The van der Waals surface area contributed by atoms with Gasteiger partial charge in [-0.15, -0.1) is 0 Å². The summed E-state index contributed by atoms with van der Waals surface area (Å²) in [7, 11) is 0. The van der Waals surface area contributed by atoms with Gasteiger partial charge in [-0.3, -0.25) is 19.3 Å². The fourth-order valence-corrected chi connectivity index (χ4v) is 7.08. The van der Waals surface area contributed by atoms with E-state index in [2.05, 4.69) is 53.2 Å². The Hall–Kier alpha value is -6.15. The Morgan fingerprint density at radius 2 is 1.50 bits per heavy atom. The van der Waals surface area contributed by atoms with Crippen molar-refractivity contribution in [3.8, 4) is 16.9 Å². The quantitative estimate of drug-likeness (QED) is 0.168. The lowest BCUT2D eigenvalue weighted by molar-refractivity contribution is 0.0631. The average molecular weight is 661 g/mol. The van der Waals surface area contributed by atoms with Crippen LogP contribution in [0.4, 0.5) is 11.4 Å².